The molecule has 0 bridgehead atoms. The molecule has 0 fully saturated rings. The second kappa shape index (κ2) is 8.88. The van der Waals surface area contributed by atoms with Gasteiger partial charge in [-0.05, 0) is 51.7 Å². The third-order valence-corrected chi connectivity index (χ3v) is 3.14. The van der Waals surface area contributed by atoms with Crippen LogP contribution in [0.15, 0.2) is 18.5 Å². The molecule has 0 aromatic carbocycles. The van der Waals surface area contributed by atoms with Crippen LogP contribution in [0.3, 0.4) is 0 Å². The molecule has 4 nitrogen and oxygen atoms in total. The Labute approximate surface area is 117 Å². The summed E-state index contributed by atoms with van der Waals surface area (Å²) in [6.45, 7) is 6.35. The highest BCUT2D eigenvalue weighted by molar-refractivity contribution is 5.50. The van der Waals surface area contributed by atoms with E-state index in [1.807, 2.05) is 12.4 Å². The molecule has 4 heteroatoms. The highest BCUT2D eigenvalue weighted by Gasteiger charge is 2.07. The molecule has 1 N–H and O–H groups in total. The quantitative estimate of drug-likeness (QED) is 0.691. The van der Waals surface area contributed by atoms with E-state index in [9.17, 15) is 0 Å². The van der Waals surface area contributed by atoms with Gasteiger partial charge in [0.2, 0.25) is 0 Å². The minimum atomic E-state index is 0.920. The van der Waals surface area contributed by atoms with Crippen LogP contribution in [0.4, 0.5) is 5.69 Å². The van der Waals surface area contributed by atoms with E-state index < -0.39 is 0 Å². The van der Waals surface area contributed by atoms with E-state index in [2.05, 4.69) is 54.2 Å². The fourth-order valence-corrected chi connectivity index (χ4v) is 2.05. The van der Waals surface area contributed by atoms with Crippen LogP contribution in [0.25, 0.3) is 0 Å². The zero-order valence-corrected chi connectivity index (χ0v) is 12.8. The molecular weight excluding hydrogens is 236 g/mol. The molecule has 0 radical (unpaired) electrons. The largest absolute Gasteiger partial charge is 0.373 e. The predicted octanol–water partition coefficient (Wildman–Crippen LogP) is 1.97. The Balaban J connectivity index is 2.54. The van der Waals surface area contributed by atoms with Gasteiger partial charge >= 0.3 is 0 Å². The lowest BCUT2D eigenvalue weighted by molar-refractivity contribution is 0.401. The molecule has 0 aliphatic rings. The van der Waals surface area contributed by atoms with Crippen molar-refractivity contribution in [3.8, 4) is 0 Å². The Kier molecular flexibility index (Phi) is 7.45. The third-order valence-electron chi connectivity index (χ3n) is 3.14. The summed E-state index contributed by atoms with van der Waals surface area (Å²) in [6, 6.07) is 2.11. The van der Waals surface area contributed by atoms with E-state index in [4.69, 9.17) is 0 Å². The maximum Gasteiger partial charge on any atom is 0.0595 e. The minimum absolute atomic E-state index is 0.920. The first-order valence-electron chi connectivity index (χ1n) is 7.14. The van der Waals surface area contributed by atoms with Gasteiger partial charge in [0, 0.05) is 26.3 Å². The average molecular weight is 264 g/mol. The molecule has 0 atom stereocenters. The number of rotatable bonds is 9. The van der Waals surface area contributed by atoms with Crippen molar-refractivity contribution in [3.05, 3.63) is 24.0 Å². The summed E-state index contributed by atoms with van der Waals surface area (Å²) in [7, 11) is 6.38. The Morgan fingerprint density at radius 3 is 2.68 bits per heavy atom. The topological polar surface area (TPSA) is 31.4 Å². The van der Waals surface area contributed by atoms with Gasteiger partial charge < -0.3 is 15.1 Å². The van der Waals surface area contributed by atoms with Crippen molar-refractivity contribution in [2.24, 2.45) is 0 Å². The van der Waals surface area contributed by atoms with Crippen LogP contribution >= 0.6 is 0 Å². The average Bonchev–Trinajstić information content (AvgIpc) is 2.39. The molecule has 0 saturated heterocycles. The van der Waals surface area contributed by atoms with E-state index in [0.717, 1.165) is 26.2 Å². The van der Waals surface area contributed by atoms with Crippen molar-refractivity contribution >= 4 is 5.69 Å². The van der Waals surface area contributed by atoms with Crippen LogP contribution in [0.1, 0.15) is 25.3 Å². The van der Waals surface area contributed by atoms with E-state index in [1.165, 1.54) is 24.1 Å². The lowest BCUT2D eigenvalue weighted by Crippen LogP contribution is -2.25. The summed E-state index contributed by atoms with van der Waals surface area (Å²) in [4.78, 5) is 8.79. The molecule has 0 amide bonds. The number of hydrogen-bond donors (Lipinski definition) is 1. The first kappa shape index (κ1) is 15.9. The summed E-state index contributed by atoms with van der Waals surface area (Å²) in [5, 5.41) is 3.46. The first-order valence-corrected chi connectivity index (χ1v) is 7.14. The Morgan fingerprint density at radius 1 is 1.21 bits per heavy atom. The summed E-state index contributed by atoms with van der Waals surface area (Å²) in [6.07, 6.45) is 6.18. The van der Waals surface area contributed by atoms with Crippen molar-refractivity contribution < 1.29 is 0 Å². The molecule has 19 heavy (non-hydrogen) atoms. The van der Waals surface area contributed by atoms with E-state index in [0.29, 0.717) is 0 Å². The van der Waals surface area contributed by atoms with E-state index >= 15 is 0 Å². The number of nitrogens with zero attached hydrogens (tertiary/aromatic N) is 3. The number of aromatic nitrogens is 1. The molecule has 0 spiro atoms. The SMILES string of the molecule is CCCNCc1ccncc1N(C)CCCN(C)C. The Bertz CT molecular complexity index is 352. The summed E-state index contributed by atoms with van der Waals surface area (Å²) >= 11 is 0. The molecule has 1 rings (SSSR count). The smallest absolute Gasteiger partial charge is 0.0595 e. The molecule has 0 aliphatic carbocycles. The van der Waals surface area contributed by atoms with Gasteiger partial charge in [-0.2, -0.15) is 0 Å². The molecular formula is C15H28N4. The molecule has 0 aliphatic heterocycles. The van der Waals surface area contributed by atoms with Crippen LogP contribution in [-0.2, 0) is 6.54 Å². The monoisotopic (exact) mass is 264 g/mol. The molecule has 1 aromatic heterocycles. The Morgan fingerprint density at radius 2 is 2.00 bits per heavy atom. The molecule has 108 valence electrons. The summed E-state index contributed by atoms with van der Waals surface area (Å²) < 4.78 is 0. The van der Waals surface area contributed by atoms with E-state index in [1.54, 1.807) is 0 Å². The fraction of sp³-hybridized carbons (Fsp3) is 0.667. The first-order chi connectivity index (χ1) is 9.15. The molecule has 1 heterocycles. The second-order valence-corrected chi connectivity index (χ2v) is 5.26. The maximum atomic E-state index is 4.26. The molecule has 1 aromatic rings. The molecule has 0 saturated carbocycles. The standard InChI is InChI=1S/C15H28N4/c1-5-8-16-12-14-7-9-17-13-15(14)19(4)11-6-10-18(2)3/h7,9,13,16H,5-6,8,10-12H2,1-4H3. The summed E-state index contributed by atoms with van der Waals surface area (Å²) in [5.41, 5.74) is 2.57. The third kappa shape index (κ3) is 6.03. The minimum Gasteiger partial charge on any atom is -0.373 e. The van der Waals surface area contributed by atoms with Crippen LogP contribution < -0.4 is 10.2 Å². The highest BCUT2D eigenvalue weighted by Crippen LogP contribution is 2.17. The van der Waals surface area contributed by atoms with Gasteiger partial charge in [-0.25, -0.2) is 0 Å². The van der Waals surface area contributed by atoms with Gasteiger partial charge in [0.1, 0.15) is 0 Å². The van der Waals surface area contributed by atoms with Crippen LogP contribution in [0.2, 0.25) is 0 Å². The molecule has 0 unspecified atom stereocenters. The van der Waals surface area contributed by atoms with Crippen LogP contribution in [0.5, 0.6) is 0 Å². The number of nitrogens with one attached hydrogen (secondary N) is 1. The second-order valence-electron chi connectivity index (χ2n) is 5.26. The van der Waals surface area contributed by atoms with Gasteiger partial charge in [-0.1, -0.05) is 6.92 Å². The van der Waals surface area contributed by atoms with Crippen molar-refractivity contribution in [2.45, 2.75) is 26.3 Å². The fourth-order valence-electron chi connectivity index (χ4n) is 2.05. The highest BCUT2D eigenvalue weighted by atomic mass is 15.1. The lowest BCUT2D eigenvalue weighted by Gasteiger charge is -2.23. The number of hydrogen-bond acceptors (Lipinski definition) is 4. The zero-order chi connectivity index (χ0) is 14.1. The van der Waals surface area contributed by atoms with Gasteiger partial charge in [0.25, 0.3) is 0 Å². The van der Waals surface area contributed by atoms with Crippen molar-refractivity contribution in [1.82, 2.24) is 15.2 Å². The number of pyridine rings is 1. The van der Waals surface area contributed by atoms with Gasteiger partial charge in [-0.3, -0.25) is 4.98 Å². The van der Waals surface area contributed by atoms with Crippen molar-refractivity contribution in [2.75, 3.05) is 45.7 Å². The van der Waals surface area contributed by atoms with Crippen molar-refractivity contribution in [1.29, 1.82) is 0 Å². The zero-order valence-electron chi connectivity index (χ0n) is 12.8. The van der Waals surface area contributed by atoms with E-state index in [-0.39, 0.29) is 0 Å². The Hall–Kier alpha value is -1.13. The van der Waals surface area contributed by atoms with Crippen LogP contribution in [-0.4, -0.2) is 50.7 Å². The van der Waals surface area contributed by atoms with Gasteiger partial charge in [0.15, 0.2) is 0 Å². The lowest BCUT2D eigenvalue weighted by atomic mass is 10.2. The maximum absolute atomic E-state index is 4.26. The van der Waals surface area contributed by atoms with Gasteiger partial charge in [-0.15, -0.1) is 0 Å². The predicted molar refractivity (Wildman–Crippen MR) is 82.7 cm³/mol. The summed E-state index contributed by atoms with van der Waals surface area (Å²) in [5.74, 6) is 0. The van der Waals surface area contributed by atoms with Gasteiger partial charge in [0.05, 0.1) is 11.9 Å². The normalized spacial score (nSPS) is 11.0. The number of anilines is 1. The van der Waals surface area contributed by atoms with Crippen LogP contribution in [0, 0.1) is 0 Å². The van der Waals surface area contributed by atoms with Crippen molar-refractivity contribution in [3.63, 3.8) is 0 Å².